The highest BCUT2D eigenvalue weighted by atomic mass is 16.6. The molecule has 4 atom stereocenters. The molecule has 0 bridgehead atoms. The Kier molecular flexibility index (Phi) is 5.87. The molecule has 2 N–H and O–H groups in total. The predicted molar refractivity (Wildman–Crippen MR) is 90.4 cm³/mol. The monoisotopic (exact) mass is 333 g/mol. The molecular weight excluding hydrogens is 306 g/mol. The molecule has 1 saturated carbocycles. The van der Waals surface area contributed by atoms with Crippen molar-refractivity contribution in [2.24, 2.45) is 17.6 Å². The number of ether oxygens (including phenoxy) is 3. The Morgan fingerprint density at radius 1 is 1.21 bits per heavy atom. The average molecular weight is 333 g/mol. The summed E-state index contributed by atoms with van der Waals surface area (Å²) in [4.78, 5) is 12.0. The maximum Gasteiger partial charge on any atom is 0.325 e. The fourth-order valence-electron chi connectivity index (χ4n) is 3.06. The highest BCUT2D eigenvalue weighted by molar-refractivity contribution is 5.75. The van der Waals surface area contributed by atoms with Crippen molar-refractivity contribution in [3.05, 3.63) is 35.9 Å². The standard InChI is InChI=1S/C19H27NO4/c1-13-16(9-14-5-3-2-4-6-14)18(23-10-15-7-8-15)12-22-11-17(20)19(21)24-13/h2-6,13,15-18H,7-12,20H2,1H3. The first-order valence-corrected chi connectivity index (χ1v) is 8.83. The van der Waals surface area contributed by atoms with Gasteiger partial charge in [-0.15, -0.1) is 0 Å². The zero-order valence-electron chi connectivity index (χ0n) is 14.2. The lowest BCUT2D eigenvalue weighted by atomic mass is 9.89. The predicted octanol–water partition coefficient (Wildman–Crippen LogP) is 1.93. The summed E-state index contributed by atoms with van der Waals surface area (Å²) in [6.45, 7) is 3.30. The highest BCUT2D eigenvalue weighted by Crippen LogP contribution is 2.31. The van der Waals surface area contributed by atoms with E-state index in [2.05, 4.69) is 12.1 Å². The first-order chi connectivity index (χ1) is 11.6. The van der Waals surface area contributed by atoms with Crippen LogP contribution in [-0.2, 0) is 25.4 Å². The Hall–Kier alpha value is -1.43. The van der Waals surface area contributed by atoms with Gasteiger partial charge in [-0.05, 0) is 37.7 Å². The van der Waals surface area contributed by atoms with Gasteiger partial charge in [-0.2, -0.15) is 0 Å². The van der Waals surface area contributed by atoms with Crippen LogP contribution in [0.1, 0.15) is 25.3 Å². The molecule has 0 amide bonds. The molecule has 5 nitrogen and oxygen atoms in total. The highest BCUT2D eigenvalue weighted by Gasteiger charge is 2.35. The van der Waals surface area contributed by atoms with Gasteiger partial charge in [0.15, 0.2) is 0 Å². The van der Waals surface area contributed by atoms with E-state index in [9.17, 15) is 4.79 Å². The second-order valence-electron chi connectivity index (χ2n) is 6.95. The summed E-state index contributed by atoms with van der Waals surface area (Å²) in [5.41, 5.74) is 7.02. The number of esters is 1. The van der Waals surface area contributed by atoms with Crippen molar-refractivity contribution in [1.29, 1.82) is 0 Å². The second-order valence-corrected chi connectivity index (χ2v) is 6.95. The number of hydrogen-bond acceptors (Lipinski definition) is 5. The van der Waals surface area contributed by atoms with Crippen LogP contribution in [0.5, 0.6) is 0 Å². The summed E-state index contributed by atoms with van der Waals surface area (Å²) in [6.07, 6.45) is 2.90. The largest absolute Gasteiger partial charge is 0.461 e. The SMILES string of the molecule is CC1OC(=O)C(N)COCC(OCC2CC2)C1Cc1ccccc1. The zero-order chi connectivity index (χ0) is 16.9. The molecule has 2 aliphatic rings. The minimum atomic E-state index is -0.730. The molecule has 1 aromatic rings. The summed E-state index contributed by atoms with van der Waals surface area (Å²) in [7, 11) is 0. The van der Waals surface area contributed by atoms with Crippen molar-refractivity contribution in [3.8, 4) is 0 Å². The van der Waals surface area contributed by atoms with Crippen molar-refractivity contribution < 1.29 is 19.0 Å². The lowest BCUT2D eigenvalue weighted by Crippen LogP contribution is -2.40. The van der Waals surface area contributed by atoms with E-state index in [4.69, 9.17) is 19.9 Å². The van der Waals surface area contributed by atoms with Crippen molar-refractivity contribution >= 4 is 5.97 Å². The number of hydrogen-bond donors (Lipinski definition) is 1. The first kappa shape index (κ1) is 17.4. The van der Waals surface area contributed by atoms with E-state index < -0.39 is 12.0 Å². The maximum absolute atomic E-state index is 12.0. The van der Waals surface area contributed by atoms with Gasteiger partial charge in [-0.3, -0.25) is 4.79 Å². The van der Waals surface area contributed by atoms with Crippen molar-refractivity contribution in [1.82, 2.24) is 0 Å². The molecule has 2 fully saturated rings. The zero-order valence-corrected chi connectivity index (χ0v) is 14.2. The third-order valence-corrected chi connectivity index (χ3v) is 4.82. The molecule has 1 heterocycles. The van der Waals surface area contributed by atoms with Gasteiger partial charge in [0, 0.05) is 12.5 Å². The van der Waals surface area contributed by atoms with E-state index in [1.807, 2.05) is 25.1 Å². The van der Waals surface area contributed by atoms with Crippen LogP contribution >= 0.6 is 0 Å². The Morgan fingerprint density at radius 2 is 1.96 bits per heavy atom. The Labute approximate surface area is 143 Å². The third-order valence-electron chi connectivity index (χ3n) is 4.82. The van der Waals surface area contributed by atoms with E-state index in [-0.39, 0.29) is 24.7 Å². The molecular formula is C19H27NO4. The molecule has 1 aromatic carbocycles. The van der Waals surface area contributed by atoms with Gasteiger partial charge in [0.1, 0.15) is 12.1 Å². The summed E-state index contributed by atoms with van der Waals surface area (Å²) < 4.78 is 17.4. The Bertz CT molecular complexity index is 531. The van der Waals surface area contributed by atoms with Gasteiger partial charge >= 0.3 is 5.97 Å². The molecule has 1 aliphatic carbocycles. The Balaban J connectivity index is 1.75. The third kappa shape index (κ3) is 4.79. The fourth-order valence-corrected chi connectivity index (χ4v) is 3.06. The summed E-state index contributed by atoms with van der Waals surface area (Å²) in [6, 6.07) is 9.49. The molecule has 0 spiro atoms. The number of carbonyl (C=O) groups is 1. The molecule has 1 saturated heterocycles. The minimum Gasteiger partial charge on any atom is -0.461 e. The van der Waals surface area contributed by atoms with Crippen LogP contribution in [0.25, 0.3) is 0 Å². The van der Waals surface area contributed by atoms with Gasteiger partial charge in [-0.1, -0.05) is 30.3 Å². The number of rotatable bonds is 5. The normalized spacial score (nSPS) is 31.7. The van der Waals surface area contributed by atoms with Crippen LogP contribution in [0.3, 0.4) is 0 Å². The first-order valence-electron chi connectivity index (χ1n) is 8.83. The van der Waals surface area contributed by atoms with Crippen molar-refractivity contribution in [2.75, 3.05) is 19.8 Å². The van der Waals surface area contributed by atoms with Gasteiger partial charge in [0.05, 0.1) is 19.3 Å². The number of cyclic esters (lactones) is 1. The molecule has 132 valence electrons. The van der Waals surface area contributed by atoms with Crippen LogP contribution in [-0.4, -0.2) is 44.0 Å². The molecule has 5 heteroatoms. The smallest absolute Gasteiger partial charge is 0.325 e. The van der Waals surface area contributed by atoms with Crippen LogP contribution in [0, 0.1) is 11.8 Å². The van der Waals surface area contributed by atoms with Gasteiger partial charge in [0.2, 0.25) is 0 Å². The lowest BCUT2D eigenvalue weighted by Gasteiger charge is -2.31. The van der Waals surface area contributed by atoms with Gasteiger partial charge in [-0.25, -0.2) is 0 Å². The summed E-state index contributed by atoms with van der Waals surface area (Å²) in [5, 5.41) is 0. The second kappa shape index (κ2) is 8.10. The van der Waals surface area contributed by atoms with Crippen LogP contribution < -0.4 is 5.73 Å². The minimum absolute atomic E-state index is 0.0420. The molecule has 4 unspecified atom stereocenters. The molecule has 1 aliphatic heterocycles. The number of carbonyl (C=O) groups excluding carboxylic acids is 1. The van der Waals surface area contributed by atoms with E-state index >= 15 is 0 Å². The number of benzene rings is 1. The average Bonchev–Trinajstić information content (AvgIpc) is 3.40. The van der Waals surface area contributed by atoms with Crippen LogP contribution in [0.15, 0.2) is 30.3 Å². The molecule has 0 aromatic heterocycles. The molecule has 0 radical (unpaired) electrons. The van der Waals surface area contributed by atoms with Gasteiger partial charge in [0.25, 0.3) is 0 Å². The van der Waals surface area contributed by atoms with Crippen molar-refractivity contribution in [3.63, 3.8) is 0 Å². The van der Waals surface area contributed by atoms with Gasteiger partial charge < -0.3 is 19.9 Å². The topological polar surface area (TPSA) is 70.8 Å². The lowest BCUT2D eigenvalue weighted by molar-refractivity contribution is -0.154. The van der Waals surface area contributed by atoms with Crippen LogP contribution in [0.2, 0.25) is 0 Å². The van der Waals surface area contributed by atoms with E-state index in [1.165, 1.54) is 18.4 Å². The van der Waals surface area contributed by atoms with E-state index in [0.29, 0.717) is 12.5 Å². The Morgan fingerprint density at radius 3 is 2.67 bits per heavy atom. The molecule has 3 rings (SSSR count). The fraction of sp³-hybridized carbons (Fsp3) is 0.632. The number of nitrogens with two attached hydrogens (primary N) is 1. The van der Waals surface area contributed by atoms with E-state index in [1.54, 1.807) is 0 Å². The summed E-state index contributed by atoms with van der Waals surface area (Å²) in [5.74, 6) is 0.318. The maximum atomic E-state index is 12.0. The summed E-state index contributed by atoms with van der Waals surface area (Å²) >= 11 is 0. The van der Waals surface area contributed by atoms with Crippen LogP contribution in [0.4, 0.5) is 0 Å². The van der Waals surface area contributed by atoms with E-state index in [0.717, 1.165) is 13.0 Å². The van der Waals surface area contributed by atoms with Crippen molar-refractivity contribution in [2.45, 2.75) is 44.4 Å². The molecule has 24 heavy (non-hydrogen) atoms. The quantitative estimate of drug-likeness (QED) is 0.834.